The fraction of sp³-hybridized carbons (Fsp3) is 0.125. The number of fused-ring (bicyclic) bond motifs is 3. The highest BCUT2D eigenvalue weighted by Gasteiger charge is 2.32. The SMILES string of the molecule is O=C(NCc1ccco1)N1Cc2ccccc2-n2cccc2[C@@H]1c1ccc(F)cc1. The van der Waals surface area contributed by atoms with Gasteiger partial charge in [0.05, 0.1) is 31.1 Å². The highest BCUT2D eigenvalue weighted by Crippen LogP contribution is 2.36. The molecule has 0 radical (unpaired) electrons. The lowest BCUT2D eigenvalue weighted by Crippen LogP contribution is -2.41. The first-order chi connectivity index (χ1) is 14.7. The fourth-order valence-corrected chi connectivity index (χ4v) is 4.01. The maximum Gasteiger partial charge on any atom is 0.318 e. The molecule has 2 amide bonds. The number of amides is 2. The molecule has 1 atom stereocenters. The van der Waals surface area contributed by atoms with E-state index in [-0.39, 0.29) is 17.9 Å². The first kappa shape index (κ1) is 18.2. The Bertz CT molecular complexity index is 1170. The summed E-state index contributed by atoms with van der Waals surface area (Å²) < 4.78 is 21.1. The van der Waals surface area contributed by atoms with Gasteiger partial charge in [0.2, 0.25) is 0 Å². The number of nitrogens with one attached hydrogen (secondary N) is 1. The number of aromatic nitrogens is 1. The van der Waals surface area contributed by atoms with Gasteiger partial charge in [-0.25, -0.2) is 9.18 Å². The zero-order valence-corrected chi connectivity index (χ0v) is 16.2. The van der Waals surface area contributed by atoms with Gasteiger partial charge in [-0.3, -0.25) is 0 Å². The number of halogens is 1. The topological polar surface area (TPSA) is 50.4 Å². The van der Waals surface area contributed by atoms with Crippen molar-refractivity contribution in [2.24, 2.45) is 0 Å². The molecule has 2 aromatic heterocycles. The molecule has 1 aliphatic heterocycles. The van der Waals surface area contributed by atoms with Gasteiger partial charge in [0.1, 0.15) is 11.6 Å². The molecule has 0 bridgehead atoms. The van der Waals surface area contributed by atoms with E-state index in [4.69, 9.17) is 4.42 Å². The standard InChI is InChI=1S/C24H20FN3O2/c25-19-11-9-17(10-12-19)23-22-8-3-13-27(22)21-7-2-1-5-18(21)16-28(23)24(29)26-15-20-6-4-14-30-20/h1-14,23H,15-16H2,(H,26,29)/t23-/m0/s1. The van der Waals surface area contributed by atoms with Crippen molar-refractivity contribution in [1.82, 2.24) is 14.8 Å². The van der Waals surface area contributed by atoms with Crippen molar-refractivity contribution in [2.75, 3.05) is 0 Å². The highest BCUT2D eigenvalue weighted by atomic mass is 19.1. The molecule has 5 rings (SSSR count). The molecule has 0 saturated heterocycles. The number of para-hydroxylation sites is 1. The summed E-state index contributed by atoms with van der Waals surface area (Å²) >= 11 is 0. The van der Waals surface area contributed by atoms with Crippen LogP contribution in [0.3, 0.4) is 0 Å². The molecule has 1 aliphatic rings. The zero-order chi connectivity index (χ0) is 20.5. The molecule has 3 heterocycles. The number of benzene rings is 2. The van der Waals surface area contributed by atoms with Gasteiger partial charge < -0.3 is 19.2 Å². The van der Waals surface area contributed by atoms with E-state index in [9.17, 15) is 9.18 Å². The molecule has 0 aliphatic carbocycles. The van der Waals surface area contributed by atoms with Crippen molar-refractivity contribution in [1.29, 1.82) is 0 Å². The van der Waals surface area contributed by atoms with Gasteiger partial charge in [0.15, 0.2) is 0 Å². The van der Waals surface area contributed by atoms with Crippen LogP contribution in [-0.4, -0.2) is 15.5 Å². The van der Waals surface area contributed by atoms with Crippen molar-refractivity contribution in [2.45, 2.75) is 19.1 Å². The average Bonchev–Trinajstić information content (AvgIpc) is 3.43. The smallest absolute Gasteiger partial charge is 0.318 e. The summed E-state index contributed by atoms with van der Waals surface area (Å²) in [6.07, 6.45) is 3.58. The van der Waals surface area contributed by atoms with Crippen molar-refractivity contribution in [3.8, 4) is 5.69 Å². The average molecular weight is 401 g/mol. The number of urea groups is 1. The summed E-state index contributed by atoms with van der Waals surface area (Å²) in [6.45, 7) is 0.713. The van der Waals surface area contributed by atoms with Gasteiger partial charge in [-0.15, -0.1) is 0 Å². The summed E-state index contributed by atoms with van der Waals surface area (Å²) in [5, 5.41) is 2.96. The Hall–Kier alpha value is -3.80. The van der Waals surface area contributed by atoms with Crippen LogP contribution in [-0.2, 0) is 13.1 Å². The van der Waals surface area contributed by atoms with Crippen LogP contribution in [0, 0.1) is 5.82 Å². The minimum atomic E-state index is -0.371. The van der Waals surface area contributed by atoms with Crippen LogP contribution < -0.4 is 5.32 Å². The van der Waals surface area contributed by atoms with E-state index in [0.717, 1.165) is 22.5 Å². The molecular formula is C24H20FN3O2. The lowest BCUT2D eigenvalue weighted by molar-refractivity contribution is 0.179. The molecule has 0 spiro atoms. The van der Waals surface area contributed by atoms with Crippen LogP contribution in [0.5, 0.6) is 0 Å². The second kappa shape index (κ2) is 7.55. The van der Waals surface area contributed by atoms with E-state index >= 15 is 0 Å². The summed E-state index contributed by atoms with van der Waals surface area (Å²) in [5.41, 5.74) is 3.86. The third kappa shape index (κ3) is 3.26. The van der Waals surface area contributed by atoms with Crippen molar-refractivity contribution in [3.05, 3.63) is 114 Å². The number of nitrogens with zero attached hydrogens (tertiary/aromatic N) is 2. The third-order valence-corrected chi connectivity index (χ3v) is 5.40. The van der Waals surface area contributed by atoms with E-state index in [1.54, 1.807) is 29.4 Å². The monoisotopic (exact) mass is 401 g/mol. The van der Waals surface area contributed by atoms with Gasteiger partial charge in [-0.1, -0.05) is 30.3 Å². The largest absolute Gasteiger partial charge is 0.467 e. The molecule has 0 saturated carbocycles. The van der Waals surface area contributed by atoms with E-state index < -0.39 is 0 Å². The number of carbonyl (C=O) groups is 1. The lowest BCUT2D eigenvalue weighted by Gasteiger charge is -2.31. The van der Waals surface area contributed by atoms with E-state index in [0.29, 0.717) is 18.8 Å². The minimum absolute atomic E-state index is 0.217. The van der Waals surface area contributed by atoms with Crippen molar-refractivity contribution < 1.29 is 13.6 Å². The van der Waals surface area contributed by atoms with E-state index in [2.05, 4.69) is 9.88 Å². The first-order valence-corrected chi connectivity index (χ1v) is 9.78. The van der Waals surface area contributed by atoms with Crippen LogP contribution >= 0.6 is 0 Å². The number of carbonyl (C=O) groups excluding carboxylic acids is 1. The van der Waals surface area contributed by atoms with Gasteiger partial charge in [-0.2, -0.15) is 0 Å². The summed E-state index contributed by atoms with van der Waals surface area (Å²) in [6, 6.07) is 21.4. The molecule has 4 aromatic rings. The second-order valence-electron chi connectivity index (χ2n) is 7.25. The number of rotatable bonds is 3. The van der Waals surface area contributed by atoms with Gasteiger partial charge in [0.25, 0.3) is 0 Å². The number of furan rings is 1. The Labute approximate surface area is 173 Å². The molecular weight excluding hydrogens is 381 g/mol. The summed E-state index contributed by atoms with van der Waals surface area (Å²) in [7, 11) is 0. The van der Waals surface area contributed by atoms with E-state index in [1.165, 1.54) is 12.1 Å². The molecule has 1 N–H and O–H groups in total. The highest BCUT2D eigenvalue weighted by molar-refractivity contribution is 5.76. The van der Waals surface area contributed by atoms with Gasteiger partial charge in [-0.05, 0) is 53.6 Å². The molecule has 30 heavy (non-hydrogen) atoms. The predicted octanol–water partition coefficient (Wildman–Crippen LogP) is 5.02. The Kier molecular flexibility index (Phi) is 4.59. The van der Waals surface area contributed by atoms with Crippen molar-refractivity contribution in [3.63, 3.8) is 0 Å². The van der Waals surface area contributed by atoms with Crippen LogP contribution in [0.4, 0.5) is 9.18 Å². The Morgan fingerprint density at radius 2 is 1.87 bits per heavy atom. The lowest BCUT2D eigenvalue weighted by atomic mass is 10.0. The fourth-order valence-electron chi connectivity index (χ4n) is 4.01. The predicted molar refractivity (Wildman–Crippen MR) is 110 cm³/mol. The summed E-state index contributed by atoms with van der Waals surface area (Å²) in [4.78, 5) is 15.1. The molecule has 5 nitrogen and oxygen atoms in total. The molecule has 0 unspecified atom stereocenters. The van der Waals surface area contributed by atoms with Crippen LogP contribution in [0.2, 0.25) is 0 Å². The quantitative estimate of drug-likeness (QED) is 0.524. The zero-order valence-electron chi connectivity index (χ0n) is 16.2. The second-order valence-corrected chi connectivity index (χ2v) is 7.25. The van der Waals surface area contributed by atoms with Crippen LogP contribution in [0.1, 0.15) is 28.6 Å². The molecule has 150 valence electrons. The third-order valence-electron chi connectivity index (χ3n) is 5.40. The van der Waals surface area contributed by atoms with Crippen LogP contribution in [0.15, 0.2) is 89.7 Å². The minimum Gasteiger partial charge on any atom is -0.467 e. The van der Waals surface area contributed by atoms with E-state index in [1.807, 2.05) is 48.7 Å². The summed E-state index contributed by atoms with van der Waals surface area (Å²) in [5.74, 6) is 0.375. The van der Waals surface area contributed by atoms with Crippen molar-refractivity contribution >= 4 is 6.03 Å². The Morgan fingerprint density at radius 3 is 2.67 bits per heavy atom. The van der Waals surface area contributed by atoms with Gasteiger partial charge in [0, 0.05) is 11.9 Å². The molecule has 6 heteroatoms. The normalized spacial score (nSPS) is 15.2. The molecule has 0 fully saturated rings. The maximum atomic E-state index is 13.6. The maximum absolute atomic E-state index is 13.6. The number of hydrogen-bond acceptors (Lipinski definition) is 2. The number of hydrogen-bond donors (Lipinski definition) is 1. The molecule has 2 aromatic carbocycles. The van der Waals surface area contributed by atoms with Gasteiger partial charge >= 0.3 is 6.03 Å². The first-order valence-electron chi connectivity index (χ1n) is 9.78. The van der Waals surface area contributed by atoms with Crippen LogP contribution in [0.25, 0.3) is 5.69 Å². The Morgan fingerprint density at radius 1 is 1.03 bits per heavy atom. The Balaban J connectivity index is 1.58.